The third-order valence-corrected chi connectivity index (χ3v) is 8.89. The van der Waals surface area contributed by atoms with Gasteiger partial charge in [0.15, 0.2) is 0 Å². The fraction of sp³-hybridized carbons (Fsp3) is 0.250. The molecule has 1 heterocycles. The van der Waals surface area contributed by atoms with Crippen molar-refractivity contribution in [2.24, 2.45) is 0 Å². The average Bonchev–Trinajstić information content (AvgIpc) is 2.85. The van der Waals surface area contributed by atoms with Crippen molar-refractivity contribution in [3.63, 3.8) is 0 Å². The van der Waals surface area contributed by atoms with E-state index in [1.165, 1.54) is 12.1 Å². The van der Waals surface area contributed by atoms with Crippen LogP contribution in [0.3, 0.4) is 0 Å². The number of nitrogens with zero attached hydrogens (tertiary/aromatic N) is 1. The first kappa shape index (κ1) is 31.5. The first-order valence-corrected chi connectivity index (χ1v) is 13.2. The Morgan fingerprint density at radius 3 is 1.26 bits per heavy atom. The molecule has 1 aliphatic heterocycles. The number of anilines is 1. The molecule has 0 N–H and O–H groups in total. The molecule has 1 fully saturated rings. The van der Waals surface area contributed by atoms with Crippen LogP contribution in [0.2, 0.25) is 0 Å². The van der Waals surface area contributed by atoms with Gasteiger partial charge in [0.2, 0.25) is 0 Å². The van der Waals surface area contributed by atoms with Crippen LogP contribution in [0, 0.1) is 0 Å². The SMILES string of the molecule is FC(F)(F)C(OP1(Oc2ccccc2)(Oc2ccccc2)OC(C(F)(F)F)(C(F)(F)F)N1c1ccccc1)C(F)(F)F. The van der Waals surface area contributed by atoms with Gasteiger partial charge in [-0.1, -0.05) is 0 Å². The van der Waals surface area contributed by atoms with E-state index in [2.05, 4.69) is 9.05 Å². The van der Waals surface area contributed by atoms with Crippen LogP contribution < -0.4 is 13.7 Å². The van der Waals surface area contributed by atoms with Crippen LogP contribution in [0.25, 0.3) is 0 Å². The van der Waals surface area contributed by atoms with E-state index in [0.717, 1.165) is 66.7 Å². The molecule has 5 nitrogen and oxygen atoms in total. The maximum atomic E-state index is 14.5. The van der Waals surface area contributed by atoms with Gasteiger partial charge in [-0.05, 0) is 0 Å². The zero-order valence-electron chi connectivity index (χ0n) is 20.3. The van der Waals surface area contributed by atoms with E-state index >= 15 is 0 Å². The summed E-state index contributed by atoms with van der Waals surface area (Å²) in [5, 5.41) is 0. The average molecular weight is 641 g/mol. The summed E-state index contributed by atoms with van der Waals surface area (Å²) in [6, 6.07) is 14.0. The van der Waals surface area contributed by atoms with Crippen LogP contribution in [-0.4, -0.2) is 36.5 Å². The second-order valence-corrected chi connectivity index (χ2v) is 11.2. The molecule has 0 spiro atoms. The van der Waals surface area contributed by atoms with E-state index < -0.39 is 66.1 Å². The molecule has 0 unspecified atom stereocenters. The zero-order valence-corrected chi connectivity index (χ0v) is 21.2. The molecule has 0 saturated carbocycles. The van der Waals surface area contributed by atoms with Crippen LogP contribution in [0.15, 0.2) is 91.0 Å². The minimum atomic E-state index is -7.66. The van der Waals surface area contributed by atoms with Crippen LogP contribution in [0.4, 0.5) is 58.4 Å². The summed E-state index contributed by atoms with van der Waals surface area (Å²) in [4.78, 5) is 0. The van der Waals surface area contributed by atoms with E-state index in [-0.39, 0.29) is 0 Å². The van der Waals surface area contributed by atoms with Gasteiger partial charge in [0.05, 0.1) is 0 Å². The Labute approximate surface area is 228 Å². The Bertz CT molecular complexity index is 1290. The van der Waals surface area contributed by atoms with Gasteiger partial charge in [-0.15, -0.1) is 0 Å². The van der Waals surface area contributed by atoms with Crippen LogP contribution in [0.1, 0.15) is 0 Å². The van der Waals surface area contributed by atoms with E-state index in [1.807, 2.05) is 0 Å². The molecule has 1 saturated heterocycles. The predicted molar refractivity (Wildman–Crippen MR) is 123 cm³/mol. The molecule has 4 rings (SSSR count). The Morgan fingerprint density at radius 1 is 0.571 bits per heavy atom. The summed E-state index contributed by atoms with van der Waals surface area (Å²) in [7, 11) is -7.66. The number of para-hydroxylation sites is 3. The van der Waals surface area contributed by atoms with Gasteiger partial charge in [-0.3, -0.25) is 0 Å². The summed E-state index contributed by atoms with van der Waals surface area (Å²) in [5.41, 5.74) is -6.86. The minimum absolute atomic E-state index is 0.540. The fourth-order valence-corrected chi connectivity index (χ4v) is 7.97. The molecule has 18 heteroatoms. The Kier molecular flexibility index (Phi) is 7.57. The second-order valence-electron chi connectivity index (χ2n) is 8.53. The molecule has 0 aromatic heterocycles. The molecule has 1 aliphatic rings. The van der Waals surface area contributed by atoms with Crippen molar-refractivity contribution < 1.29 is 70.8 Å². The molecule has 3 aromatic carbocycles. The Hall–Kier alpha value is -3.43. The molecule has 0 radical (unpaired) electrons. The van der Waals surface area contributed by atoms with Crippen LogP contribution in [-0.2, 0) is 9.05 Å². The van der Waals surface area contributed by atoms with Crippen molar-refractivity contribution in [2.45, 2.75) is 36.5 Å². The van der Waals surface area contributed by atoms with Crippen molar-refractivity contribution in [3.8, 4) is 11.5 Å². The number of alkyl halides is 12. The monoisotopic (exact) mass is 641 g/mol. The van der Waals surface area contributed by atoms with Crippen LogP contribution >= 0.6 is 7.66 Å². The molecular formula is C24H16F12NO4P. The molecule has 230 valence electrons. The van der Waals surface area contributed by atoms with Crippen molar-refractivity contribution in [1.82, 2.24) is 0 Å². The standard InChI is InChI=1S/C24H16F12NO4P/c25-20(26,27)19(21(28,29)30)40-42(38-17-12-6-2-7-13-17,39-18-14-8-3-9-15-18)37(16-10-4-1-5-11-16)22(41-42,23(31,32)33)24(34,35)36/h1-15,19H. The predicted octanol–water partition coefficient (Wildman–Crippen LogP) is 9.14. The number of rotatable bonds is 7. The summed E-state index contributed by atoms with van der Waals surface area (Å²) < 4.78 is 189. The fourth-order valence-electron chi connectivity index (χ4n) is 3.99. The van der Waals surface area contributed by atoms with Gasteiger partial charge in [0.1, 0.15) is 0 Å². The van der Waals surface area contributed by atoms with E-state index in [1.54, 1.807) is 0 Å². The third-order valence-electron chi connectivity index (χ3n) is 5.56. The van der Waals surface area contributed by atoms with Crippen LogP contribution in [0.5, 0.6) is 11.5 Å². The first-order valence-electron chi connectivity index (χ1n) is 11.3. The summed E-state index contributed by atoms with van der Waals surface area (Å²) >= 11 is 0. The summed E-state index contributed by atoms with van der Waals surface area (Å²) in [6.07, 6.45) is -31.1. The number of benzene rings is 3. The van der Waals surface area contributed by atoms with Crippen molar-refractivity contribution in [1.29, 1.82) is 0 Å². The van der Waals surface area contributed by atoms with Gasteiger partial charge in [-0.2, -0.15) is 0 Å². The van der Waals surface area contributed by atoms with Gasteiger partial charge in [-0.25, -0.2) is 0 Å². The van der Waals surface area contributed by atoms with Gasteiger partial charge >= 0.3 is 228 Å². The third kappa shape index (κ3) is 5.28. The van der Waals surface area contributed by atoms with Crippen molar-refractivity contribution in [2.75, 3.05) is 4.67 Å². The Morgan fingerprint density at radius 2 is 0.929 bits per heavy atom. The zero-order chi connectivity index (χ0) is 31.3. The Balaban J connectivity index is 2.17. The summed E-state index contributed by atoms with van der Waals surface area (Å²) in [6.45, 7) is 0. The van der Waals surface area contributed by atoms with E-state index in [9.17, 15) is 52.7 Å². The van der Waals surface area contributed by atoms with Gasteiger partial charge < -0.3 is 0 Å². The number of hydrogen-bond acceptors (Lipinski definition) is 5. The second kappa shape index (κ2) is 10.1. The molecule has 42 heavy (non-hydrogen) atoms. The normalized spacial score (nSPS) is 19.4. The summed E-state index contributed by atoms with van der Waals surface area (Å²) in [5.74, 6) is -1.71. The van der Waals surface area contributed by atoms with E-state index in [0.29, 0.717) is 12.1 Å². The number of hydrogen-bond donors (Lipinski definition) is 0. The molecule has 0 atom stereocenters. The van der Waals surface area contributed by atoms with Crippen molar-refractivity contribution >= 4 is 13.3 Å². The van der Waals surface area contributed by atoms with Gasteiger partial charge in [0, 0.05) is 0 Å². The van der Waals surface area contributed by atoms with E-state index in [4.69, 9.17) is 9.05 Å². The molecular weight excluding hydrogens is 625 g/mol. The molecule has 0 amide bonds. The molecule has 3 aromatic rings. The molecule has 0 aliphatic carbocycles. The van der Waals surface area contributed by atoms with Gasteiger partial charge in [0.25, 0.3) is 0 Å². The quantitative estimate of drug-likeness (QED) is 0.190. The topological polar surface area (TPSA) is 40.2 Å². The molecule has 0 bridgehead atoms. The first-order chi connectivity index (χ1) is 19.3. The maximum absolute atomic E-state index is 14.5. The van der Waals surface area contributed by atoms with Crippen molar-refractivity contribution in [3.05, 3.63) is 91.0 Å². The number of halogens is 12.